The first kappa shape index (κ1) is 18.1. The number of carbonyl (C=O) groups is 2. The minimum Gasteiger partial charge on any atom is -0.467 e. The highest BCUT2D eigenvalue weighted by atomic mass is 32.1. The fourth-order valence-electron chi connectivity index (χ4n) is 2.56. The molecule has 0 aliphatic carbocycles. The molecular weight excluding hydrogens is 330 g/mol. The van der Waals surface area contributed by atoms with E-state index in [9.17, 15) is 14.4 Å². The van der Waals surface area contributed by atoms with E-state index >= 15 is 0 Å². The van der Waals surface area contributed by atoms with Gasteiger partial charge in [0.05, 0.1) is 23.7 Å². The van der Waals surface area contributed by atoms with Crippen molar-refractivity contribution < 1.29 is 14.3 Å². The smallest absolute Gasteiger partial charge is 0.328 e. The van der Waals surface area contributed by atoms with Crippen molar-refractivity contribution in [1.29, 1.82) is 0 Å². The molecule has 0 N–H and O–H groups in total. The number of nitrogens with zero attached hydrogens (tertiary/aromatic N) is 3. The number of hydrogen-bond donors (Lipinski definition) is 0. The number of aryl methyl sites for hydroxylation is 1. The Morgan fingerprint density at radius 1 is 1.38 bits per heavy atom. The molecule has 130 valence electrons. The SMILES string of the molecule is CCN(CC)C(=O)c1sc2ncn([C@H](C)C(=O)OC)c(=O)c2c1C. The van der Waals surface area contributed by atoms with Gasteiger partial charge in [0.25, 0.3) is 11.5 Å². The number of thiophene rings is 1. The molecule has 0 fully saturated rings. The second kappa shape index (κ2) is 7.12. The molecule has 7 nitrogen and oxygen atoms in total. The van der Waals surface area contributed by atoms with Crippen LogP contribution in [-0.4, -0.2) is 46.5 Å². The number of esters is 1. The highest BCUT2D eigenvalue weighted by Crippen LogP contribution is 2.28. The Morgan fingerprint density at radius 3 is 2.54 bits per heavy atom. The number of amides is 1. The Bertz CT molecular complexity index is 836. The van der Waals surface area contributed by atoms with Crippen LogP contribution in [-0.2, 0) is 9.53 Å². The molecule has 2 aromatic rings. The molecule has 1 atom stereocenters. The fraction of sp³-hybridized carbons (Fsp3) is 0.500. The number of hydrogen-bond acceptors (Lipinski definition) is 6. The number of methoxy groups -OCH3 is 1. The van der Waals surface area contributed by atoms with Gasteiger partial charge in [-0.2, -0.15) is 0 Å². The van der Waals surface area contributed by atoms with Crippen molar-refractivity contribution in [3.05, 3.63) is 27.1 Å². The zero-order valence-corrected chi connectivity index (χ0v) is 15.3. The Balaban J connectivity index is 2.61. The van der Waals surface area contributed by atoms with E-state index in [1.807, 2.05) is 13.8 Å². The summed E-state index contributed by atoms with van der Waals surface area (Å²) in [5.41, 5.74) is 0.265. The molecule has 2 heterocycles. The second-order valence-electron chi connectivity index (χ2n) is 5.37. The zero-order valence-electron chi connectivity index (χ0n) is 14.5. The van der Waals surface area contributed by atoms with Gasteiger partial charge in [-0.05, 0) is 33.3 Å². The second-order valence-corrected chi connectivity index (χ2v) is 6.37. The summed E-state index contributed by atoms with van der Waals surface area (Å²) in [5.74, 6) is -0.627. The lowest BCUT2D eigenvalue weighted by Crippen LogP contribution is -2.30. The monoisotopic (exact) mass is 351 g/mol. The summed E-state index contributed by atoms with van der Waals surface area (Å²) in [6.07, 6.45) is 1.33. The van der Waals surface area contributed by atoms with E-state index in [1.165, 1.54) is 29.3 Å². The van der Waals surface area contributed by atoms with E-state index in [4.69, 9.17) is 0 Å². The summed E-state index contributed by atoms with van der Waals surface area (Å²) in [7, 11) is 1.27. The van der Waals surface area contributed by atoms with Crippen molar-refractivity contribution in [2.45, 2.75) is 33.7 Å². The van der Waals surface area contributed by atoms with Crippen molar-refractivity contribution in [3.8, 4) is 0 Å². The maximum absolute atomic E-state index is 12.8. The number of ether oxygens (including phenoxy) is 1. The third-order valence-electron chi connectivity index (χ3n) is 4.08. The van der Waals surface area contributed by atoms with E-state index < -0.39 is 12.0 Å². The van der Waals surface area contributed by atoms with Crippen molar-refractivity contribution in [1.82, 2.24) is 14.5 Å². The van der Waals surface area contributed by atoms with Crippen LogP contribution in [0.1, 0.15) is 42.0 Å². The molecule has 0 saturated heterocycles. The van der Waals surface area contributed by atoms with Gasteiger partial charge in [0.15, 0.2) is 0 Å². The molecule has 8 heteroatoms. The highest BCUT2D eigenvalue weighted by molar-refractivity contribution is 7.20. The summed E-state index contributed by atoms with van der Waals surface area (Å²) in [6.45, 7) is 8.33. The maximum Gasteiger partial charge on any atom is 0.328 e. The number of rotatable bonds is 5. The van der Waals surface area contributed by atoms with Crippen LogP contribution in [0.4, 0.5) is 0 Å². The summed E-state index contributed by atoms with van der Waals surface area (Å²) in [4.78, 5) is 44.0. The summed E-state index contributed by atoms with van der Waals surface area (Å²) in [5, 5.41) is 0.383. The Hall–Kier alpha value is -2.22. The van der Waals surface area contributed by atoms with Crippen LogP contribution in [0.2, 0.25) is 0 Å². The molecule has 2 rings (SSSR count). The van der Waals surface area contributed by atoms with Crippen LogP contribution in [0, 0.1) is 6.92 Å². The third kappa shape index (κ3) is 2.93. The first-order valence-electron chi connectivity index (χ1n) is 7.74. The predicted molar refractivity (Wildman–Crippen MR) is 92.6 cm³/mol. The van der Waals surface area contributed by atoms with Gasteiger partial charge in [0.2, 0.25) is 0 Å². The van der Waals surface area contributed by atoms with Crippen LogP contribution in [0.25, 0.3) is 10.2 Å². The minimum absolute atomic E-state index is 0.104. The molecule has 0 saturated carbocycles. The Labute approximate surface area is 143 Å². The van der Waals surface area contributed by atoms with E-state index in [1.54, 1.807) is 18.7 Å². The molecule has 0 unspecified atom stereocenters. The minimum atomic E-state index is -0.777. The van der Waals surface area contributed by atoms with Gasteiger partial charge in [0, 0.05) is 13.1 Å². The summed E-state index contributed by atoms with van der Waals surface area (Å²) >= 11 is 1.21. The van der Waals surface area contributed by atoms with Crippen LogP contribution in [0.5, 0.6) is 0 Å². The zero-order chi connectivity index (χ0) is 18.0. The third-order valence-corrected chi connectivity index (χ3v) is 5.27. The standard InChI is InChI=1S/C16H21N3O4S/c1-6-18(7-2)15(21)12-9(3)11-13(24-12)17-8-19(14(11)20)10(4)16(22)23-5/h8,10H,6-7H2,1-5H3/t10-/m1/s1. The van der Waals surface area contributed by atoms with Gasteiger partial charge in [0.1, 0.15) is 10.9 Å². The largest absolute Gasteiger partial charge is 0.467 e. The van der Waals surface area contributed by atoms with Crippen molar-refractivity contribution in [3.63, 3.8) is 0 Å². The van der Waals surface area contributed by atoms with Crippen LogP contribution >= 0.6 is 11.3 Å². The molecule has 1 amide bonds. The molecule has 0 aliphatic rings. The van der Waals surface area contributed by atoms with Crippen molar-refractivity contribution in [2.24, 2.45) is 0 Å². The van der Waals surface area contributed by atoms with E-state index in [0.29, 0.717) is 33.7 Å². The topological polar surface area (TPSA) is 81.5 Å². The normalized spacial score (nSPS) is 12.2. The van der Waals surface area contributed by atoms with Crippen LogP contribution < -0.4 is 5.56 Å². The van der Waals surface area contributed by atoms with Gasteiger partial charge in [-0.1, -0.05) is 0 Å². The number of aromatic nitrogens is 2. The number of fused-ring (bicyclic) bond motifs is 1. The van der Waals surface area contributed by atoms with E-state index in [-0.39, 0.29) is 11.5 Å². The lowest BCUT2D eigenvalue weighted by Gasteiger charge is -2.17. The molecule has 0 radical (unpaired) electrons. The molecule has 0 bridgehead atoms. The Morgan fingerprint density at radius 2 is 2.00 bits per heavy atom. The van der Waals surface area contributed by atoms with Gasteiger partial charge >= 0.3 is 5.97 Å². The van der Waals surface area contributed by atoms with E-state index in [0.717, 1.165) is 0 Å². The Kier molecular flexibility index (Phi) is 5.38. The first-order valence-corrected chi connectivity index (χ1v) is 8.56. The summed E-state index contributed by atoms with van der Waals surface area (Å²) < 4.78 is 5.92. The molecule has 0 spiro atoms. The lowest BCUT2D eigenvalue weighted by atomic mass is 10.2. The molecule has 2 aromatic heterocycles. The first-order chi connectivity index (χ1) is 11.4. The molecule has 24 heavy (non-hydrogen) atoms. The van der Waals surface area contributed by atoms with Gasteiger partial charge in [-0.3, -0.25) is 14.2 Å². The van der Waals surface area contributed by atoms with Crippen LogP contribution in [0.3, 0.4) is 0 Å². The summed E-state index contributed by atoms with van der Waals surface area (Å²) in [6, 6.07) is -0.777. The average molecular weight is 351 g/mol. The fourth-order valence-corrected chi connectivity index (χ4v) is 3.66. The molecule has 0 aliphatic heterocycles. The lowest BCUT2D eigenvalue weighted by molar-refractivity contribution is -0.144. The maximum atomic E-state index is 12.8. The van der Waals surface area contributed by atoms with Crippen LogP contribution in [0.15, 0.2) is 11.1 Å². The highest BCUT2D eigenvalue weighted by Gasteiger charge is 2.24. The van der Waals surface area contributed by atoms with Gasteiger partial charge in [-0.15, -0.1) is 11.3 Å². The predicted octanol–water partition coefficient (Wildman–Crippen LogP) is 1.98. The molecule has 0 aromatic carbocycles. The average Bonchev–Trinajstić information content (AvgIpc) is 2.92. The molecular formula is C16H21N3O4S. The van der Waals surface area contributed by atoms with Gasteiger partial charge < -0.3 is 9.64 Å². The van der Waals surface area contributed by atoms with Crippen molar-refractivity contribution >= 4 is 33.4 Å². The van der Waals surface area contributed by atoms with Crippen molar-refractivity contribution in [2.75, 3.05) is 20.2 Å². The number of carbonyl (C=O) groups excluding carboxylic acids is 2. The van der Waals surface area contributed by atoms with E-state index in [2.05, 4.69) is 9.72 Å². The quantitative estimate of drug-likeness (QED) is 0.770. The van der Waals surface area contributed by atoms with Gasteiger partial charge in [-0.25, -0.2) is 9.78 Å².